The Kier molecular flexibility index (Phi) is 6.37. The van der Waals surface area contributed by atoms with Crippen LogP contribution in [-0.4, -0.2) is 38.6 Å². The summed E-state index contributed by atoms with van der Waals surface area (Å²) in [6.45, 7) is 1.85. The molecule has 11 heteroatoms. The zero-order valence-electron chi connectivity index (χ0n) is 16.9. The maximum absolute atomic E-state index is 12.7. The fourth-order valence-corrected chi connectivity index (χ4v) is 4.38. The minimum Gasteiger partial charge on any atom is -0.458 e. The number of hydrogen-bond donors (Lipinski definition) is 2. The summed E-state index contributed by atoms with van der Waals surface area (Å²) >= 11 is 2.23. The van der Waals surface area contributed by atoms with Gasteiger partial charge in [-0.2, -0.15) is 0 Å². The number of carbonyl (C=O) groups excluding carboxylic acids is 4. The van der Waals surface area contributed by atoms with Crippen LogP contribution in [0, 0.1) is 0 Å². The summed E-state index contributed by atoms with van der Waals surface area (Å²) in [5, 5.41) is 7.29. The van der Waals surface area contributed by atoms with Crippen molar-refractivity contribution in [2.45, 2.75) is 20.0 Å². The molecule has 4 amide bonds. The largest absolute Gasteiger partial charge is 0.458 e. The lowest BCUT2D eigenvalue weighted by molar-refractivity contribution is -0.125. The molecule has 0 bridgehead atoms. The molecule has 1 fully saturated rings. The summed E-state index contributed by atoms with van der Waals surface area (Å²) in [7, 11) is 0. The molecule has 0 atom stereocenters. The van der Waals surface area contributed by atoms with Gasteiger partial charge in [0.25, 0.3) is 11.1 Å². The second kappa shape index (κ2) is 9.37. The van der Waals surface area contributed by atoms with Crippen LogP contribution in [0.3, 0.4) is 0 Å². The number of furan rings is 1. The Bertz CT molecular complexity index is 1190. The third-order valence-electron chi connectivity index (χ3n) is 4.52. The predicted octanol–water partition coefficient (Wildman–Crippen LogP) is 3.49. The quantitative estimate of drug-likeness (QED) is 0.542. The minimum atomic E-state index is -0.355. The molecule has 0 unspecified atom stereocenters. The summed E-state index contributed by atoms with van der Waals surface area (Å²) in [6.07, 6.45) is 0. The number of hydrogen-bond acceptors (Lipinski definition) is 8. The van der Waals surface area contributed by atoms with E-state index in [0.29, 0.717) is 33.5 Å². The standard InChI is InChI=1S/C21H18N4O5S2/c1-12(26)22-8-15-5-6-17(30-15)16-10-31-20(23-16)24-19(28)14-4-2-3-13(7-14)9-25-18(27)11-32-21(25)29/h2-7,10H,8-9,11H2,1H3,(H,22,26)(H,23,24,28). The lowest BCUT2D eigenvalue weighted by Gasteiger charge is -2.13. The first-order valence-electron chi connectivity index (χ1n) is 9.55. The molecule has 0 aliphatic carbocycles. The number of aromatic nitrogens is 1. The van der Waals surface area contributed by atoms with Gasteiger partial charge in [0.1, 0.15) is 11.5 Å². The number of thiazole rings is 1. The molecule has 1 aromatic carbocycles. The molecule has 0 spiro atoms. The van der Waals surface area contributed by atoms with Crippen LogP contribution in [0.2, 0.25) is 0 Å². The molecule has 3 aromatic rings. The molecule has 32 heavy (non-hydrogen) atoms. The van der Waals surface area contributed by atoms with Gasteiger partial charge in [0.05, 0.1) is 18.8 Å². The summed E-state index contributed by atoms with van der Waals surface area (Å²) in [6, 6.07) is 10.3. The third-order valence-corrected chi connectivity index (χ3v) is 6.14. The number of carbonyl (C=O) groups is 4. The average molecular weight is 471 g/mol. The van der Waals surface area contributed by atoms with Crippen molar-refractivity contribution in [1.29, 1.82) is 0 Å². The van der Waals surface area contributed by atoms with Gasteiger partial charge < -0.3 is 9.73 Å². The van der Waals surface area contributed by atoms with E-state index in [9.17, 15) is 19.2 Å². The lowest BCUT2D eigenvalue weighted by Crippen LogP contribution is -2.28. The summed E-state index contributed by atoms with van der Waals surface area (Å²) in [5.41, 5.74) is 1.64. The smallest absolute Gasteiger partial charge is 0.289 e. The van der Waals surface area contributed by atoms with Crippen molar-refractivity contribution in [2.24, 2.45) is 0 Å². The van der Waals surface area contributed by atoms with Gasteiger partial charge in [-0.1, -0.05) is 23.9 Å². The first kappa shape index (κ1) is 21.8. The number of nitrogens with zero attached hydrogens (tertiary/aromatic N) is 2. The fourth-order valence-electron chi connectivity index (χ4n) is 2.96. The van der Waals surface area contributed by atoms with Crippen LogP contribution in [0.25, 0.3) is 11.5 Å². The zero-order valence-corrected chi connectivity index (χ0v) is 18.5. The molecule has 1 aliphatic rings. The molecule has 4 rings (SSSR count). The molecule has 0 saturated carbocycles. The maximum Gasteiger partial charge on any atom is 0.289 e. The summed E-state index contributed by atoms with van der Waals surface area (Å²) in [5.74, 6) is 0.537. The number of imide groups is 1. The third kappa shape index (κ3) is 5.06. The van der Waals surface area contributed by atoms with E-state index >= 15 is 0 Å². The molecular weight excluding hydrogens is 452 g/mol. The topological polar surface area (TPSA) is 122 Å². The second-order valence-corrected chi connectivity index (χ2v) is 8.69. The van der Waals surface area contributed by atoms with E-state index in [1.54, 1.807) is 41.8 Å². The fraction of sp³-hybridized carbons (Fsp3) is 0.190. The predicted molar refractivity (Wildman–Crippen MR) is 120 cm³/mol. The van der Waals surface area contributed by atoms with Crippen molar-refractivity contribution in [3.05, 3.63) is 58.7 Å². The van der Waals surface area contributed by atoms with Crippen LogP contribution in [0.1, 0.15) is 28.6 Å². The van der Waals surface area contributed by atoms with Gasteiger partial charge in [0.15, 0.2) is 10.9 Å². The second-order valence-electron chi connectivity index (χ2n) is 6.90. The number of amides is 4. The van der Waals surface area contributed by atoms with Gasteiger partial charge in [-0.25, -0.2) is 4.98 Å². The number of nitrogens with one attached hydrogen (secondary N) is 2. The molecular formula is C21H18N4O5S2. The van der Waals surface area contributed by atoms with Crippen LogP contribution >= 0.6 is 23.1 Å². The molecule has 164 valence electrons. The summed E-state index contributed by atoms with van der Waals surface area (Å²) in [4.78, 5) is 52.9. The Balaban J connectivity index is 1.41. The van der Waals surface area contributed by atoms with Gasteiger partial charge in [0, 0.05) is 17.9 Å². The van der Waals surface area contributed by atoms with Crippen LogP contribution in [-0.2, 0) is 22.7 Å². The molecule has 1 aliphatic heterocycles. The van der Waals surface area contributed by atoms with Crippen molar-refractivity contribution in [2.75, 3.05) is 11.1 Å². The SMILES string of the molecule is CC(=O)NCc1ccc(-c2csc(NC(=O)c3cccc(CN4C(=O)CSC4=O)c3)n2)o1. The first-order valence-corrected chi connectivity index (χ1v) is 11.4. The van der Waals surface area contributed by atoms with E-state index in [1.807, 2.05) is 0 Å². The zero-order chi connectivity index (χ0) is 22.7. The highest BCUT2D eigenvalue weighted by Crippen LogP contribution is 2.27. The highest BCUT2D eigenvalue weighted by Gasteiger charge is 2.29. The van der Waals surface area contributed by atoms with Crippen LogP contribution in [0.15, 0.2) is 46.2 Å². The van der Waals surface area contributed by atoms with Gasteiger partial charge >= 0.3 is 0 Å². The average Bonchev–Trinajstić information content (AvgIpc) is 3.50. The highest BCUT2D eigenvalue weighted by molar-refractivity contribution is 8.14. The van der Waals surface area contributed by atoms with Gasteiger partial charge in [-0.05, 0) is 29.8 Å². The Morgan fingerprint density at radius 1 is 1.22 bits per heavy atom. The van der Waals surface area contributed by atoms with E-state index in [2.05, 4.69) is 15.6 Å². The molecule has 2 N–H and O–H groups in total. The Hall–Kier alpha value is -3.44. The van der Waals surface area contributed by atoms with Crippen molar-refractivity contribution >= 4 is 51.2 Å². The molecule has 1 saturated heterocycles. The number of anilines is 1. The number of rotatable bonds is 7. The van der Waals surface area contributed by atoms with E-state index in [0.717, 1.165) is 11.8 Å². The van der Waals surface area contributed by atoms with E-state index in [4.69, 9.17) is 4.42 Å². The lowest BCUT2D eigenvalue weighted by atomic mass is 10.1. The molecule has 3 heterocycles. The van der Waals surface area contributed by atoms with Gasteiger partial charge in [0.2, 0.25) is 11.8 Å². The van der Waals surface area contributed by atoms with Crippen LogP contribution < -0.4 is 10.6 Å². The number of thioether (sulfide) groups is 1. The highest BCUT2D eigenvalue weighted by atomic mass is 32.2. The van der Waals surface area contributed by atoms with Crippen molar-refractivity contribution in [1.82, 2.24) is 15.2 Å². The van der Waals surface area contributed by atoms with E-state index < -0.39 is 0 Å². The first-order chi connectivity index (χ1) is 15.4. The normalized spacial score (nSPS) is 13.5. The monoisotopic (exact) mass is 470 g/mol. The van der Waals surface area contributed by atoms with Crippen molar-refractivity contribution in [3.8, 4) is 11.5 Å². The maximum atomic E-state index is 12.7. The van der Waals surface area contributed by atoms with Crippen molar-refractivity contribution in [3.63, 3.8) is 0 Å². The Labute approximate surface area is 191 Å². The summed E-state index contributed by atoms with van der Waals surface area (Å²) < 4.78 is 5.67. The molecule has 2 aromatic heterocycles. The van der Waals surface area contributed by atoms with Crippen LogP contribution in [0.4, 0.5) is 9.93 Å². The van der Waals surface area contributed by atoms with E-state index in [-0.39, 0.29) is 41.8 Å². The van der Waals surface area contributed by atoms with Gasteiger partial charge in [-0.15, -0.1) is 11.3 Å². The minimum absolute atomic E-state index is 0.131. The van der Waals surface area contributed by atoms with Gasteiger partial charge in [-0.3, -0.25) is 29.4 Å². The molecule has 9 nitrogen and oxygen atoms in total. The van der Waals surface area contributed by atoms with E-state index in [1.165, 1.54) is 23.2 Å². The molecule has 0 radical (unpaired) electrons. The van der Waals surface area contributed by atoms with Crippen molar-refractivity contribution < 1.29 is 23.6 Å². The Morgan fingerprint density at radius 3 is 2.81 bits per heavy atom. The van der Waals surface area contributed by atoms with Crippen LogP contribution in [0.5, 0.6) is 0 Å². The number of benzene rings is 1. The Morgan fingerprint density at radius 2 is 2.06 bits per heavy atom.